The molecule has 0 N–H and O–H groups in total. The largest absolute Gasteiger partial charge is 0.374 e. The average molecular weight is 511 g/mol. The van der Waals surface area contributed by atoms with E-state index in [2.05, 4.69) is 49.4 Å². The van der Waals surface area contributed by atoms with Gasteiger partial charge in [-0.1, -0.05) is 13.3 Å². The molecule has 6 heteroatoms. The van der Waals surface area contributed by atoms with Crippen molar-refractivity contribution in [1.82, 2.24) is 8.75 Å². The Hall–Kier alpha value is -1.08. The molecule has 3 aliphatic carbocycles. The lowest BCUT2D eigenvalue weighted by molar-refractivity contribution is -0.00542. The molecule has 0 aromatic carbocycles. The van der Waals surface area contributed by atoms with Gasteiger partial charge in [0.15, 0.2) is 0 Å². The van der Waals surface area contributed by atoms with Gasteiger partial charge in [-0.05, 0) is 99.8 Å². The summed E-state index contributed by atoms with van der Waals surface area (Å²) in [6.45, 7) is 4.61. The normalized spacial score (nSPS) is 37.2. The molecule has 8 atom stereocenters. The van der Waals surface area contributed by atoms with Gasteiger partial charge in [0.25, 0.3) is 0 Å². The van der Waals surface area contributed by atoms with Crippen LogP contribution in [0.1, 0.15) is 107 Å². The van der Waals surface area contributed by atoms with E-state index >= 15 is 0 Å². The minimum Gasteiger partial charge on any atom is -0.374 e. The first-order valence-corrected chi connectivity index (χ1v) is 15.6. The molecule has 3 aromatic rings. The van der Waals surface area contributed by atoms with Crippen LogP contribution in [0, 0.1) is 24.7 Å². The number of thiophene rings is 2. The van der Waals surface area contributed by atoms with Crippen molar-refractivity contribution in [1.29, 1.82) is 0 Å². The van der Waals surface area contributed by atoms with Crippen molar-refractivity contribution in [3.05, 3.63) is 55.2 Å². The summed E-state index contributed by atoms with van der Waals surface area (Å²) in [6, 6.07) is 9.39. The molecule has 0 radical (unpaired) electrons. The number of ether oxygens (including phenoxy) is 1. The van der Waals surface area contributed by atoms with Gasteiger partial charge in [-0.3, -0.25) is 0 Å². The van der Waals surface area contributed by atoms with Crippen LogP contribution >= 0.6 is 34.4 Å². The van der Waals surface area contributed by atoms with Crippen molar-refractivity contribution >= 4 is 34.4 Å². The molecular weight excluding hydrogens is 477 g/mol. The van der Waals surface area contributed by atoms with E-state index in [4.69, 9.17) is 13.5 Å². The number of hydrogen-bond donors (Lipinski definition) is 0. The molecule has 1 saturated heterocycles. The van der Waals surface area contributed by atoms with E-state index in [1.165, 1.54) is 89.1 Å². The second-order valence-electron chi connectivity index (χ2n) is 11.4. The fraction of sp³-hybridized carbons (Fsp3) is 0.643. The lowest BCUT2D eigenvalue weighted by Crippen LogP contribution is -2.30. The fourth-order valence-corrected chi connectivity index (χ4v) is 10.5. The van der Waals surface area contributed by atoms with Crippen molar-refractivity contribution in [2.24, 2.45) is 17.8 Å². The van der Waals surface area contributed by atoms with E-state index in [1.807, 2.05) is 11.3 Å². The first-order chi connectivity index (χ1) is 16.6. The van der Waals surface area contributed by atoms with Crippen LogP contribution in [0.3, 0.4) is 0 Å². The standard InChI is InChI=1S/C28H34N2OS3/c1-15-3-6-18-19-7-5-17(14-23(19)31-22(18)13-15)24-11-12-26(33-24)21-9-8-20(25-10-4-16(2)32-25)27-28(21)30-34-29-27/h4,10-12,15,17-23H,3,5-9,13-14H2,1-2H3. The lowest BCUT2D eigenvalue weighted by Gasteiger charge is -2.34. The summed E-state index contributed by atoms with van der Waals surface area (Å²) in [5.74, 6) is 4.06. The van der Waals surface area contributed by atoms with E-state index in [1.54, 1.807) is 4.88 Å². The zero-order valence-corrected chi connectivity index (χ0v) is 22.6. The summed E-state index contributed by atoms with van der Waals surface area (Å²) in [6.07, 6.45) is 11.5. The number of fused-ring (bicyclic) bond motifs is 4. The van der Waals surface area contributed by atoms with Gasteiger partial charge < -0.3 is 4.74 Å². The van der Waals surface area contributed by atoms with Crippen LogP contribution in [-0.2, 0) is 4.74 Å². The maximum absolute atomic E-state index is 6.69. The molecule has 7 rings (SSSR count). The average Bonchev–Trinajstić information content (AvgIpc) is 3.62. The third-order valence-electron chi connectivity index (χ3n) is 9.29. The molecule has 3 fully saturated rings. The third kappa shape index (κ3) is 3.75. The third-order valence-corrected chi connectivity index (χ3v) is 12.3. The molecular formula is C28H34N2OS3. The molecule has 0 spiro atoms. The SMILES string of the molecule is Cc1ccc(C2CCC(c3ccc(C4CCC5C(C4)OC4CC(C)CCC45)s3)c3nsnc32)s1. The van der Waals surface area contributed by atoms with Gasteiger partial charge in [0.05, 0.1) is 35.3 Å². The van der Waals surface area contributed by atoms with Crippen LogP contribution < -0.4 is 0 Å². The van der Waals surface area contributed by atoms with Gasteiger partial charge in [0, 0.05) is 31.3 Å². The molecule has 2 saturated carbocycles. The highest BCUT2D eigenvalue weighted by molar-refractivity contribution is 7.12. The monoisotopic (exact) mass is 510 g/mol. The Balaban J connectivity index is 1.08. The summed E-state index contributed by atoms with van der Waals surface area (Å²) in [5, 5.41) is 0. The van der Waals surface area contributed by atoms with E-state index in [9.17, 15) is 0 Å². The molecule has 34 heavy (non-hydrogen) atoms. The van der Waals surface area contributed by atoms with Gasteiger partial charge in [0.1, 0.15) is 0 Å². The van der Waals surface area contributed by atoms with Crippen LogP contribution in [-0.4, -0.2) is 21.0 Å². The first-order valence-electron chi connectivity index (χ1n) is 13.3. The summed E-state index contributed by atoms with van der Waals surface area (Å²) in [7, 11) is 0. The molecule has 180 valence electrons. The Morgan fingerprint density at radius 2 is 1.38 bits per heavy atom. The highest BCUT2D eigenvalue weighted by Gasteiger charge is 2.48. The molecule has 0 bridgehead atoms. The second kappa shape index (κ2) is 8.79. The zero-order valence-electron chi connectivity index (χ0n) is 20.1. The Labute approximate surface area is 215 Å². The Kier molecular flexibility index (Phi) is 5.73. The molecule has 4 aliphatic rings. The van der Waals surface area contributed by atoms with Crippen molar-refractivity contribution < 1.29 is 4.74 Å². The fourth-order valence-electron chi connectivity index (χ4n) is 7.54. The first kappa shape index (κ1) is 22.1. The van der Waals surface area contributed by atoms with E-state index in [0.29, 0.717) is 30.0 Å². The quantitative estimate of drug-likeness (QED) is 0.357. The Bertz CT molecular complexity index is 1160. The molecule has 3 nitrogen and oxygen atoms in total. The van der Waals surface area contributed by atoms with Crippen LogP contribution in [0.2, 0.25) is 0 Å². The van der Waals surface area contributed by atoms with Crippen molar-refractivity contribution in [2.45, 2.75) is 95.2 Å². The Morgan fingerprint density at radius 1 is 0.735 bits per heavy atom. The topological polar surface area (TPSA) is 35.0 Å². The summed E-state index contributed by atoms with van der Waals surface area (Å²) < 4.78 is 16.3. The van der Waals surface area contributed by atoms with Gasteiger partial charge in [-0.25, -0.2) is 0 Å². The smallest absolute Gasteiger partial charge is 0.0864 e. The Morgan fingerprint density at radius 3 is 2.12 bits per heavy atom. The van der Waals surface area contributed by atoms with Gasteiger partial charge in [-0.2, -0.15) is 8.75 Å². The van der Waals surface area contributed by atoms with Crippen LogP contribution in [0.15, 0.2) is 24.3 Å². The molecule has 3 aromatic heterocycles. The van der Waals surface area contributed by atoms with E-state index in [-0.39, 0.29) is 0 Å². The number of nitrogens with zero attached hydrogens (tertiary/aromatic N) is 2. The number of aromatic nitrogens is 2. The van der Waals surface area contributed by atoms with E-state index in [0.717, 1.165) is 17.8 Å². The van der Waals surface area contributed by atoms with E-state index < -0.39 is 0 Å². The zero-order chi connectivity index (χ0) is 22.8. The van der Waals surface area contributed by atoms with Gasteiger partial charge in [-0.15, -0.1) is 22.7 Å². The van der Waals surface area contributed by atoms with Crippen molar-refractivity contribution in [3.8, 4) is 0 Å². The predicted octanol–water partition coefficient (Wildman–Crippen LogP) is 8.11. The highest BCUT2D eigenvalue weighted by atomic mass is 32.1. The number of aryl methyl sites for hydroxylation is 1. The predicted molar refractivity (Wildman–Crippen MR) is 141 cm³/mol. The highest BCUT2D eigenvalue weighted by Crippen LogP contribution is 2.53. The minimum atomic E-state index is 0.424. The molecule has 8 unspecified atom stereocenters. The van der Waals surface area contributed by atoms with Crippen LogP contribution in [0.4, 0.5) is 0 Å². The summed E-state index contributed by atoms with van der Waals surface area (Å²) in [5.41, 5.74) is 2.50. The summed E-state index contributed by atoms with van der Waals surface area (Å²) in [4.78, 5) is 5.93. The van der Waals surface area contributed by atoms with Crippen LogP contribution in [0.5, 0.6) is 0 Å². The number of hydrogen-bond acceptors (Lipinski definition) is 6. The maximum Gasteiger partial charge on any atom is 0.0864 e. The minimum absolute atomic E-state index is 0.424. The number of rotatable bonds is 3. The van der Waals surface area contributed by atoms with Crippen molar-refractivity contribution in [2.75, 3.05) is 0 Å². The second-order valence-corrected chi connectivity index (χ2v) is 14.4. The molecule has 0 amide bonds. The van der Waals surface area contributed by atoms with Gasteiger partial charge in [0.2, 0.25) is 0 Å². The van der Waals surface area contributed by atoms with Crippen LogP contribution in [0.25, 0.3) is 0 Å². The lowest BCUT2D eigenvalue weighted by atomic mass is 9.69. The summed E-state index contributed by atoms with van der Waals surface area (Å²) >= 11 is 5.39. The van der Waals surface area contributed by atoms with Gasteiger partial charge >= 0.3 is 0 Å². The van der Waals surface area contributed by atoms with Crippen molar-refractivity contribution in [3.63, 3.8) is 0 Å². The molecule has 4 heterocycles. The molecule has 1 aliphatic heterocycles. The maximum atomic E-state index is 6.69.